The van der Waals surface area contributed by atoms with E-state index in [1.165, 1.54) is 6.92 Å². The molecular formula is C19H21BrN4O4. The molecule has 2 atom stereocenters. The van der Waals surface area contributed by atoms with Crippen LogP contribution in [-0.4, -0.2) is 50.8 Å². The molecule has 3 rings (SSSR count). The standard InChI is InChI=1S/C19H21BrN4O4/c1-12(25)15-8-9-16(17(20)18(15)26)28-11-3-2-10-27-14-6-4-13(5-7-14)19-21-23-24-22-19/h4-9,15,18,26H,2-3,10-11H2,1H3,(H,21,22,23,24). The van der Waals surface area contributed by atoms with Crippen molar-refractivity contribution in [3.63, 3.8) is 0 Å². The summed E-state index contributed by atoms with van der Waals surface area (Å²) in [4.78, 5) is 11.5. The predicted octanol–water partition coefficient (Wildman–Crippen LogP) is 2.78. The van der Waals surface area contributed by atoms with Crippen LogP contribution in [-0.2, 0) is 9.53 Å². The zero-order valence-corrected chi connectivity index (χ0v) is 16.9. The Morgan fingerprint density at radius 1 is 1.21 bits per heavy atom. The summed E-state index contributed by atoms with van der Waals surface area (Å²) in [6, 6.07) is 7.48. The number of aliphatic hydroxyl groups excluding tert-OH is 1. The molecule has 2 unspecified atom stereocenters. The number of hydrogen-bond acceptors (Lipinski definition) is 7. The summed E-state index contributed by atoms with van der Waals surface area (Å²) in [5.41, 5.74) is 0.864. The fourth-order valence-electron chi connectivity index (χ4n) is 2.71. The lowest BCUT2D eigenvalue weighted by Gasteiger charge is -2.23. The Labute approximate surface area is 170 Å². The number of ketones is 1. The van der Waals surface area contributed by atoms with Crippen LogP contribution in [0.15, 0.2) is 46.7 Å². The highest BCUT2D eigenvalue weighted by molar-refractivity contribution is 9.11. The van der Waals surface area contributed by atoms with E-state index in [-0.39, 0.29) is 5.78 Å². The molecule has 0 spiro atoms. The van der Waals surface area contributed by atoms with E-state index in [0.29, 0.717) is 29.3 Å². The van der Waals surface area contributed by atoms with Crippen molar-refractivity contribution in [1.29, 1.82) is 0 Å². The van der Waals surface area contributed by atoms with Gasteiger partial charge in [-0.15, -0.1) is 10.2 Å². The summed E-state index contributed by atoms with van der Waals surface area (Å²) < 4.78 is 11.9. The minimum absolute atomic E-state index is 0.0813. The number of Topliss-reactive ketones (excluding diaryl/α,β-unsaturated/α-hetero) is 1. The number of unbranched alkanes of at least 4 members (excludes halogenated alkanes) is 1. The number of nitrogens with one attached hydrogen (secondary N) is 1. The number of hydrogen-bond donors (Lipinski definition) is 2. The molecule has 0 aliphatic heterocycles. The fourth-order valence-corrected chi connectivity index (χ4v) is 3.25. The van der Waals surface area contributed by atoms with Gasteiger partial charge in [-0.05, 0) is 71.3 Å². The van der Waals surface area contributed by atoms with Crippen molar-refractivity contribution in [2.24, 2.45) is 5.92 Å². The molecule has 0 bridgehead atoms. The SMILES string of the molecule is CC(=O)C1C=CC(OCCCCOc2ccc(-c3nn[nH]n3)cc2)=C(Br)C1O. The van der Waals surface area contributed by atoms with Crippen LogP contribution in [0.5, 0.6) is 5.75 Å². The monoisotopic (exact) mass is 448 g/mol. The third-order valence-electron chi connectivity index (χ3n) is 4.28. The second-order valence-electron chi connectivity index (χ2n) is 6.32. The topological polar surface area (TPSA) is 110 Å². The minimum Gasteiger partial charge on any atom is -0.494 e. The van der Waals surface area contributed by atoms with Gasteiger partial charge < -0.3 is 14.6 Å². The molecular weight excluding hydrogens is 428 g/mol. The first-order valence-electron chi connectivity index (χ1n) is 8.92. The Morgan fingerprint density at radius 3 is 2.57 bits per heavy atom. The van der Waals surface area contributed by atoms with Crippen LogP contribution >= 0.6 is 15.9 Å². The van der Waals surface area contributed by atoms with Crippen LogP contribution in [0.25, 0.3) is 11.4 Å². The van der Waals surface area contributed by atoms with Crippen LogP contribution in [0, 0.1) is 5.92 Å². The molecule has 0 saturated carbocycles. The van der Waals surface area contributed by atoms with Gasteiger partial charge in [0.05, 0.1) is 23.6 Å². The summed E-state index contributed by atoms with van der Waals surface area (Å²) in [7, 11) is 0. The van der Waals surface area contributed by atoms with E-state index < -0.39 is 12.0 Å². The number of carbonyl (C=O) groups excluding carboxylic acids is 1. The van der Waals surface area contributed by atoms with E-state index >= 15 is 0 Å². The van der Waals surface area contributed by atoms with Crippen molar-refractivity contribution in [1.82, 2.24) is 20.6 Å². The maximum atomic E-state index is 11.5. The summed E-state index contributed by atoms with van der Waals surface area (Å²) in [5.74, 6) is 1.26. The number of aliphatic hydroxyl groups is 1. The Bertz CT molecular complexity index is 849. The highest BCUT2D eigenvalue weighted by Gasteiger charge is 2.29. The summed E-state index contributed by atoms with van der Waals surface area (Å²) in [6.45, 7) is 2.52. The van der Waals surface area contributed by atoms with E-state index in [9.17, 15) is 9.90 Å². The van der Waals surface area contributed by atoms with Gasteiger partial charge in [0.15, 0.2) is 0 Å². The first-order chi connectivity index (χ1) is 13.6. The quantitative estimate of drug-likeness (QED) is 0.567. The van der Waals surface area contributed by atoms with Crippen molar-refractivity contribution < 1.29 is 19.4 Å². The van der Waals surface area contributed by atoms with Crippen LogP contribution < -0.4 is 4.74 Å². The van der Waals surface area contributed by atoms with Crippen LogP contribution in [0.2, 0.25) is 0 Å². The van der Waals surface area contributed by atoms with E-state index in [4.69, 9.17) is 9.47 Å². The van der Waals surface area contributed by atoms with Gasteiger partial charge in [-0.1, -0.05) is 6.08 Å². The van der Waals surface area contributed by atoms with E-state index in [2.05, 4.69) is 36.6 Å². The van der Waals surface area contributed by atoms with E-state index in [0.717, 1.165) is 24.2 Å². The fraction of sp³-hybridized carbons (Fsp3) is 0.368. The number of benzene rings is 1. The van der Waals surface area contributed by atoms with Gasteiger partial charge in [0.2, 0.25) is 5.82 Å². The number of nitrogens with zero attached hydrogens (tertiary/aromatic N) is 3. The lowest BCUT2D eigenvalue weighted by Crippen LogP contribution is -2.28. The number of tetrazole rings is 1. The van der Waals surface area contributed by atoms with Gasteiger partial charge >= 0.3 is 0 Å². The number of aromatic amines is 1. The van der Waals surface area contributed by atoms with Gasteiger partial charge in [-0.2, -0.15) is 5.21 Å². The van der Waals surface area contributed by atoms with Crippen molar-refractivity contribution in [2.75, 3.05) is 13.2 Å². The minimum atomic E-state index is -0.892. The van der Waals surface area contributed by atoms with E-state index in [1.807, 2.05) is 24.3 Å². The van der Waals surface area contributed by atoms with Crippen molar-refractivity contribution in [3.05, 3.63) is 46.7 Å². The van der Waals surface area contributed by atoms with Gasteiger partial charge in [0.25, 0.3) is 0 Å². The molecule has 0 radical (unpaired) electrons. The number of carbonyl (C=O) groups is 1. The first kappa shape index (κ1) is 20.2. The smallest absolute Gasteiger partial charge is 0.204 e. The molecule has 9 heteroatoms. The van der Waals surface area contributed by atoms with E-state index in [1.54, 1.807) is 12.2 Å². The summed E-state index contributed by atoms with van der Waals surface area (Å²) >= 11 is 3.32. The molecule has 148 valence electrons. The molecule has 1 aliphatic carbocycles. The largest absolute Gasteiger partial charge is 0.494 e. The second kappa shape index (κ2) is 9.61. The Kier molecular flexibility index (Phi) is 6.94. The van der Waals surface area contributed by atoms with Crippen LogP contribution in [0.1, 0.15) is 19.8 Å². The summed E-state index contributed by atoms with van der Waals surface area (Å²) in [5, 5.41) is 23.9. The molecule has 8 nitrogen and oxygen atoms in total. The molecule has 0 saturated heterocycles. The Hall–Kier alpha value is -2.52. The third kappa shape index (κ3) is 5.05. The van der Waals surface area contributed by atoms with Crippen LogP contribution in [0.4, 0.5) is 0 Å². The molecule has 1 aromatic carbocycles. The Morgan fingerprint density at radius 2 is 1.93 bits per heavy atom. The number of halogens is 1. The molecule has 1 heterocycles. The molecule has 1 aromatic heterocycles. The zero-order valence-electron chi connectivity index (χ0n) is 15.3. The number of allylic oxidation sites excluding steroid dienone is 1. The maximum Gasteiger partial charge on any atom is 0.204 e. The molecule has 28 heavy (non-hydrogen) atoms. The van der Waals surface area contributed by atoms with Crippen molar-refractivity contribution >= 4 is 21.7 Å². The number of H-pyrrole nitrogens is 1. The molecule has 0 amide bonds. The lowest BCUT2D eigenvalue weighted by molar-refractivity contribution is -0.121. The highest BCUT2D eigenvalue weighted by Crippen LogP contribution is 2.30. The molecule has 0 fully saturated rings. The van der Waals surface area contributed by atoms with Crippen LogP contribution in [0.3, 0.4) is 0 Å². The first-order valence-corrected chi connectivity index (χ1v) is 9.71. The second-order valence-corrected chi connectivity index (χ2v) is 7.17. The molecule has 1 aliphatic rings. The average Bonchev–Trinajstić information content (AvgIpc) is 3.22. The van der Waals surface area contributed by atoms with Crippen molar-refractivity contribution in [3.8, 4) is 17.1 Å². The Balaban J connectivity index is 1.36. The number of aromatic nitrogens is 4. The predicted molar refractivity (Wildman–Crippen MR) is 106 cm³/mol. The lowest BCUT2D eigenvalue weighted by atomic mass is 9.93. The summed E-state index contributed by atoms with van der Waals surface area (Å²) in [6.07, 6.45) is 4.13. The normalized spacial score (nSPS) is 19.0. The van der Waals surface area contributed by atoms with Gasteiger partial charge in [0.1, 0.15) is 23.4 Å². The number of rotatable bonds is 9. The molecule has 2 aromatic rings. The van der Waals surface area contributed by atoms with Gasteiger partial charge in [-0.3, -0.25) is 4.79 Å². The van der Waals surface area contributed by atoms with Crippen molar-refractivity contribution in [2.45, 2.75) is 25.9 Å². The third-order valence-corrected chi connectivity index (χ3v) is 5.14. The molecule has 2 N–H and O–H groups in total. The van der Waals surface area contributed by atoms with Gasteiger partial charge in [0, 0.05) is 5.56 Å². The average molecular weight is 449 g/mol. The number of ether oxygens (including phenoxy) is 2. The maximum absolute atomic E-state index is 11.5. The zero-order chi connectivity index (χ0) is 19.9. The van der Waals surface area contributed by atoms with Gasteiger partial charge in [-0.25, -0.2) is 0 Å². The highest BCUT2D eigenvalue weighted by atomic mass is 79.9.